The molecule has 0 unspecified atom stereocenters. The molecule has 1 aromatic heterocycles. The standard InChI is InChI=1S/C19H16BrClN2O2/c1-11-4-9-15(12(2)10-11)18-22-16(19(24)25-3)17(20)23(18)14-7-5-13(21)6-8-14/h4-10H,1-3H3. The van der Waals surface area contributed by atoms with Gasteiger partial charge in [-0.15, -0.1) is 0 Å². The molecule has 0 atom stereocenters. The van der Waals surface area contributed by atoms with Crippen LogP contribution in [0.25, 0.3) is 17.1 Å². The first-order chi connectivity index (χ1) is 11.9. The molecule has 0 amide bonds. The van der Waals surface area contributed by atoms with Crippen LogP contribution in [0.2, 0.25) is 5.02 Å². The molecule has 0 bridgehead atoms. The van der Waals surface area contributed by atoms with Crippen molar-refractivity contribution in [1.29, 1.82) is 0 Å². The molecule has 0 saturated heterocycles. The number of benzene rings is 2. The average Bonchev–Trinajstić information content (AvgIpc) is 2.92. The maximum absolute atomic E-state index is 12.1. The molecule has 1 heterocycles. The van der Waals surface area contributed by atoms with E-state index in [-0.39, 0.29) is 5.69 Å². The summed E-state index contributed by atoms with van der Waals surface area (Å²) in [5, 5.41) is 0.640. The Hall–Kier alpha value is -2.11. The van der Waals surface area contributed by atoms with Gasteiger partial charge in [-0.2, -0.15) is 0 Å². The maximum atomic E-state index is 12.1. The smallest absolute Gasteiger partial charge is 0.359 e. The lowest BCUT2D eigenvalue weighted by Gasteiger charge is -2.12. The quantitative estimate of drug-likeness (QED) is 0.537. The number of hydrogen-bond donors (Lipinski definition) is 0. The molecule has 25 heavy (non-hydrogen) atoms. The number of aryl methyl sites for hydroxylation is 2. The van der Waals surface area contributed by atoms with Gasteiger partial charge in [-0.25, -0.2) is 9.78 Å². The normalized spacial score (nSPS) is 10.8. The number of nitrogens with zero attached hydrogens (tertiary/aromatic N) is 2. The van der Waals surface area contributed by atoms with Gasteiger partial charge in [-0.05, 0) is 59.6 Å². The number of hydrogen-bond acceptors (Lipinski definition) is 3. The highest BCUT2D eigenvalue weighted by molar-refractivity contribution is 9.10. The van der Waals surface area contributed by atoms with E-state index in [0.717, 1.165) is 22.4 Å². The van der Waals surface area contributed by atoms with Crippen LogP contribution in [0.5, 0.6) is 0 Å². The highest BCUT2D eigenvalue weighted by atomic mass is 79.9. The maximum Gasteiger partial charge on any atom is 0.359 e. The molecule has 3 aromatic rings. The summed E-state index contributed by atoms with van der Waals surface area (Å²) in [5.41, 5.74) is 4.25. The van der Waals surface area contributed by atoms with Gasteiger partial charge in [0.15, 0.2) is 5.69 Å². The Balaban J connectivity index is 2.29. The topological polar surface area (TPSA) is 44.1 Å². The minimum atomic E-state index is -0.495. The number of carbonyl (C=O) groups is 1. The summed E-state index contributed by atoms with van der Waals surface area (Å²) in [7, 11) is 1.34. The van der Waals surface area contributed by atoms with Crippen LogP contribution in [0, 0.1) is 13.8 Å². The van der Waals surface area contributed by atoms with Crippen molar-refractivity contribution in [2.24, 2.45) is 0 Å². The molecule has 0 aliphatic heterocycles. The molecular formula is C19H16BrClN2O2. The number of carbonyl (C=O) groups excluding carboxylic acids is 1. The minimum absolute atomic E-state index is 0.229. The molecule has 6 heteroatoms. The number of methoxy groups -OCH3 is 1. The van der Waals surface area contributed by atoms with Gasteiger partial charge in [-0.1, -0.05) is 35.4 Å². The summed E-state index contributed by atoms with van der Waals surface area (Å²) in [6.45, 7) is 4.06. The number of aromatic nitrogens is 2. The molecule has 0 aliphatic carbocycles. The number of esters is 1. The third-order valence-electron chi connectivity index (χ3n) is 3.91. The van der Waals surface area contributed by atoms with Crippen LogP contribution in [-0.2, 0) is 4.74 Å². The second-order valence-corrected chi connectivity index (χ2v) is 6.88. The predicted octanol–water partition coefficient (Wildman–Crippen LogP) is 5.36. The summed E-state index contributed by atoms with van der Waals surface area (Å²) in [6.07, 6.45) is 0. The zero-order chi connectivity index (χ0) is 18.1. The minimum Gasteiger partial charge on any atom is -0.464 e. The Bertz CT molecular complexity index is 949. The van der Waals surface area contributed by atoms with Crippen molar-refractivity contribution in [1.82, 2.24) is 9.55 Å². The summed E-state index contributed by atoms with van der Waals surface area (Å²) in [4.78, 5) is 16.7. The predicted molar refractivity (Wildman–Crippen MR) is 103 cm³/mol. The molecule has 128 valence electrons. The van der Waals surface area contributed by atoms with E-state index in [9.17, 15) is 4.79 Å². The lowest BCUT2D eigenvalue weighted by atomic mass is 10.1. The van der Waals surface area contributed by atoms with Gasteiger partial charge in [-0.3, -0.25) is 4.57 Å². The Morgan fingerprint density at radius 1 is 1.16 bits per heavy atom. The molecule has 0 spiro atoms. The van der Waals surface area contributed by atoms with Gasteiger partial charge >= 0.3 is 5.97 Å². The van der Waals surface area contributed by atoms with E-state index < -0.39 is 5.97 Å². The van der Waals surface area contributed by atoms with Gasteiger partial charge in [0.2, 0.25) is 0 Å². The molecule has 0 radical (unpaired) electrons. The van der Waals surface area contributed by atoms with E-state index in [1.54, 1.807) is 12.1 Å². The average molecular weight is 420 g/mol. The lowest BCUT2D eigenvalue weighted by molar-refractivity contribution is 0.0593. The molecule has 2 aromatic carbocycles. The zero-order valence-corrected chi connectivity index (χ0v) is 16.4. The summed E-state index contributed by atoms with van der Waals surface area (Å²) in [5.74, 6) is 0.165. The summed E-state index contributed by atoms with van der Waals surface area (Å²) < 4.78 is 7.27. The number of halogens is 2. The van der Waals surface area contributed by atoms with Crippen molar-refractivity contribution in [3.05, 3.63) is 68.9 Å². The number of imidazole rings is 1. The first kappa shape index (κ1) is 17.7. The van der Waals surface area contributed by atoms with Gasteiger partial charge in [0, 0.05) is 16.3 Å². The Labute approximate surface area is 159 Å². The molecule has 0 N–H and O–H groups in total. The molecule has 0 fully saturated rings. The van der Waals surface area contributed by atoms with Gasteiger partial charge in [0.1, 0.15) is 10.4 Å². The second kappa shape index (κ2) is 7.02. The number of rotatable bonds is 3. The molecule has 3 rings (SSSR count). The first-order valence-corrected chi connectivity index (χ1v) is 8.79. The zero-order valence-electron chi connectivity index (χ0n) is 14.0. The van der Waals surface area contributed by atoms with Crippen LogP contribution in [0.15, 0.2) is 47.1 Å². The number of ether oxygens (including phenoxy) is 1. The van der Waals surface area contributed by atoms with E-state index in [4.69, 9.17) is 16.3 Å². The first-order valence-electron chi connectivity index (χ1n) is 7.62. The summed E-state index contributed by atoms with van der Waals surface area (Å²) in [6, 6.07) is 13.5. The fourth-order valence-electron chi connectivity index (χ4n) is 2.70. The highest BCUT2D eigenvalue weighted by Gasteiger charge is 2.24. The third kappa shape index (κ3) is 3.34. The second-order valence-electron chi connectivity index (χ2n) is 5.70. The largest absolute Gasteiger partial charge is 0.464 e. The van der Waals surface area contributed by atoms with Crippen LogP contribution in [0.1, 0.15) is 21.6 Å². The Morgan fingerprint density at radius 2 is 1.84 bits per heavy atom. The van der Waals surface area contributed by atoms with E-state index in [2.05, 4.69) is 27.0 Å². The van der Waals surface area contributed by atoms with Crippen molar-refractivity contribution in [3.8, 4) is 17.1 Å². The summed E-state index contributed by atoms with van der Waals surface area (Å²) >= 11 is 9.51. The monoisotopic (exact) mass is 418 g/mol. The molecule has 0 aliphatic rings. The van der Waals surface area contributed by atoms with Crippen LogP contribution < -0.4 is 0 Å². The van der Waals surface area contributed by atoms with E-state index in [1.165, 1.54) is 7.11 Å². The fourth-order valence-corrected chi connectivity index (χ4v) is 3.45. The lowest BCUT2D eigenvalue weighted by Crippen LogP contribution is -2.03. The van der Waals surface area contributed by atoms with Crippen molar-refractivity contribution in [3.63, 3.8) is 0 Å². The molecular weight excluding hydrogens is 404 g/mol. The van der Waals surface area contributed by atoms with Gasteiger partial charge in [0.25, 0.3) is 0 Å². The highest BCUT2D eigenvalue weighted by Crippen LogP contribution is 2.32. The van der Waals surface area contributed by atoms with E-state index in [0.29, 0.717) is 15.5 Å². The van der Waals surface area contributed by atoms with Crippen LogP contribution in [0.4, 0.5) is 0 Å². The Morgan fingerprint density at radius 3 is 2.44 bits per heavy atom. The van der Waals surface area contributed by atoms with Crippen molar-refractivity contribution in [2.45, 2.75) is 13.8 Å². The van der Waals surface area contributed by atoms with Gasteiger partial charge < -0.3 is 4.74 Å². The van der Waals surface area contributed by atoms with Crippen molar-refractivity contribution < 1.29 is 9.53 Å². The van der Waals surface area contributed by atoms with Crippen molar-refractivity contribution >= 4 is 33.5 Å². The molecule has 4 nitrogen and oxygen atoms in total. The van der Waals surface area contributed by atoms with Crippen LogP contribution in [-0.4, -0.2) is 22.6 Å². The van der Waals surface area contributed by atoms with Crippen molar-refractivity contribution in [2.75, 3.05) is 7.11 Å². The van der Waals surface area contributed by atoms with E-state index in [1.807, 2.05) is 42.7 Å². The molecule has 0 saturated carbocycles. The van der Waals surface area contributed by atoms with E-state index >= 15 is 0 Å². The van der Waals surface area contributed by atoms with Crippen LogP contribution in [0.3, 0.4) is 0 Å². The Kier molecular flexibility index (Phi) is 4.97. The van der Waals surface area contributed by atoms with Gasteiger partial charge in [0.05, 0.1) is 7.11 Å². The van der Waals surface area contributed by atoms with Crippen LogP contribution >= 0.6 is 27.5 Å². The SMILES string of the molecule is COC(=O)c1nc(-c2ccc(C)cc2C)n(-c2ccc(Cl)cc2)c1Br. The fraction of sp³-hybridized carbons (Fsp3) is 0.158. The third-order valence-corrected chi connectivity index (χ3v) is 4.89.